The summed E-state index contributed by atoms with van der Waals surface area (Å²) < 4.78 is 23.6. The van der Waals surface area contributed by atoms with Gasteiger partial charge in [-0.2, -0.15) is 0 Å². The lowest BCUT2D eigenvalue weighted by molar-refractivity contribution is -0.162. The third-order valence-corrected chi connectivity index (χ3v) is 18.1. The van der Waals surface area contributed by atoms with Gasteiger partial charge in [0.2, 0.25) is 17.7 Å². The molecule has 390 valence electrons. The molecule has 2 aliphatic carbocycles. The van der Waals surface area contributed by atoms with Gasteiger partial charge in [0.15, 0.2) is 5.72 Å². The number of epoxide rings is 1. The molecule has 2 saturated carbocycles. The second-order valence-electron chi connectivity index (χ2n) is 20.6. The van der Waals surface area contributed by atoms with Crippen molar-refractivity contribution in [2.45, 2.75) is 185 Å². The number of likely N-dealkylation sites (N-methyl/N-ethyl adjacent to an activating group) is 1. The number of nitrogens with zero attached hydrogens (tertiary/aromatic N) is 2. The van der Waals surface area contributed by atoms with E-state index in [4.69, 9.17) is 30.5 Å². The number of esters is 1. The van der Waals surface area contributed by atoms with Crippen molar-refractivity contribution in [1.29, 1.82) is 0 Å². The van der Waals surface area contributed by atoms with Crippen LogP contribution >= 0.6 is 33.2 Å². The first-order valence-corrected chi connectivity index (χ1v) is 28.2. The van der Waals surface area contributed by atoms with E-state index >= 15 is 0 Å². The Morgan fingerprint density at radius 3 is 2.41 bits per heavy atom. The number of ether oxygens (including phenoxy) is 4. The van der Waals surface area contributed by atoms with Gasteiger partial charge in [0.25, 0.3) is 0 Å². The van der Waals surface area contributed by atoms with E-state index in [1.165, 1.54) is 87.8 Å². The molecule has 1 aromatic carbocycles. The Morgan fingerprint density at radius 1 is 1.04 bits per heavy atom. The second-order valence-corrected chi connectivity index (χ2v) is 23.6. The van der Waals surface area contributed by atoms with Gasteiger partial charge in [-0.3, -0.25) is 19.7 Å². The van der Waals surface area contributed by atoms with E-state index in [1.807, 2.05) is 6.92 Å². The number of methoxy groups -OCH3 is 1. The molecular weight excluding hydrogens is 956 g/mol. The summed E-state index contributed by atoms with van der Waals surface area (Å²) in [6.07, 6.45) is 14.8. The molecule has 5 aliphatic rings. The summed E-state index contributed by atoms with van der Waals surface area (Å²) in [5, 5.41) is 28.6. The van der Waals surface area contributed by atoms with Crippen molar-refractivity contribution in [2.75, 3.05) is 37.6 Å². The second kappa shape index (κ2) is 25.5. The first-order chi connectivity index (χ1) is 33.3. The molecule has 0 radical (unpaired) electrons. The SMILES string of the molecule is COc1cc2cc(c1Cl)N(C)C(=O)C[C@H](OC(=O)[C@H](C)N(C)C(=O)CCSSCCCC(=O)NC1CCC3CCCCCCC(CC1)C3)[C@]1(C)O[C@H]1[C@H](C)[C@@H]1C[C@@](O)(NC(=O)O1)[C@H](O)/C=C/C=C(\C)C2. The molecular formula is C52H77ClN4O11S2. The van der Waals surface area contributed by atoms with E-state index in [9.17, 15) is 34.2 Å². The predicted molar refractivity (Wildman–Crippen MR) is 275 cm³/mol. The van der Waals surface area contributed by atoms with Crippen LogP contribution in [0.15, 0.2) is 35.9 Å². The molecule has 4 N–H and O–H groups in total. The summed E-state index contributed by atoms with van der Waals surface area (Å²) in [5.74, 6) is 1.30. The number of hydrogen-bond donors (Lipinski definition) is 4. The minimum absolute atomic E-state index is 0.125. The molecule has 18 heteroatoms. The number of amides is 4. The van der Waals surface area contributed by atoms with Gasteiger partial charge in [0.1, 0.15) is 40.7 Å². The number of anilines is 1. The van der Waals surface area contributed by atoms with Crippen molar-refractivity contribution in [3.8, 4) is 5.75 Å². The summed E-state index contributed by atoms with van der Waals surface area (Å²) in [6, 6.07) is 2.79. The summed E-state index contributed by atoms with van der Waals surface area (Å²) in [5.41, 5.74) is -1.34. The standard InChI is InChI=1S/C52H77ClN4O11S2/c1-32-14-12-17-42(58)52(64)31-41(66-50(63)55-52)33(2)48-51(4,68-48)43(30-46(61)57(6)39-28-37(26-32)29-40(65-7)47(39)53)67-49(62)34(3)56(5)45(60)23-25-70-69-24-13-18-44(59)54-38-21-19-35-15-10-8-9-11-16-36(27-35)20-22-38/h12,14,17,28-29,33-36,38,41-43,48,58,64H,8-11,13,15-16,18-27,30-31H2,1-7H3,(H,54,59)(H,55,63)/b17-12+,32-14+/t33-,34+,35?,36?,38?,41+,42-,43+,48+,51+,52+/m1/s1. The van der Waals surface area contributed by atoms with Crippen LogP contribution in [0.3, 0.4) is 0 Å². The number of carbonyl (C=O) groups excluding carboxylic acids is 5. The Balaban J connectivity index is 1.04. The fraction of sp³-hybridized carbons (Fsp3) is 0.712. The Hall–Kier alpha value is -3.48. The van der Waals surface area contributed by atoms with Crippen LogP contribution in [0.1, 0.15) is 136 Å². The van der Waals surface area contributed by atoms with E-state index in [1.54, 1.807) is 73.7 Å². The van der Waals surface area contributed by atoms with Crippen molar-refractivity contribution in [1.82, 2.24) is 15.5 Å². The molecule has 0 spiro atoms. The van der Waals surface area contributed by atoms with Gasteiger partial charge in [0, 0.05) is 56.8 Å². The summed E-state index contributed by atoms with van der Waals surface area (Å²) in [7, 11) is 7.77. The van der Waals surface area contributed by atoms with Gasteiger partial charge in [-0.05, 0) is 95.2 Å². The molecule has 6 bridgehead atoms. The number of nitrogens with one attached hydrogen (secondary N) is 2. The zero-order chi connectivity index (χ0) is 50.8. The van der Waals surface area contributed by atoms with Crippen LogP contribution in [-0.2, 0) is 39.8 Å². The van der Waals surface area contributed by atoms with Crippen LogP contribution in [0.2, 0.25) is 5.02 Å². The van der Waals surface area contributed by atoms with E-state index < -0.39 is 65.7 Å². The lowest BCUT2D eigenvalue weighted by Crippen LogP contribution is -2.63. The van der Waals surface area contributed by atoms with Crippen molar-refractivity contribution in [2.24, 2.45) is 17.8 Å². The Morgan fingerprint density at radius 2 is 1.73 bits per heavy atom. The van der Waals surface area contributed by atoms with Gasteiger partial charge >= 0.3 is 12.1 Å². The maximum Gasteiger partial charge on any atom is 0.409 e. The molecule has 1 aromatic rings. The number of hydrogen-bond acceptors (Lipinski definition) is 13. The molecule has 2 saturated heterocycles. The quantitative estimate of drug-likeness (QED) is 0.0637. The van der Waals surface area contributed by atoms with E-state index in [0.717, 1.165) is 48.0 Å². The van der Waals surface area contributed by atoms with Crippen LogP contribution in [0.25, 0.3) is 0 Å². The Kier molecular flexibility index (Phi) is 20.3. The number of alkyl carbamates (subject to hydrolysis) is 1. The fourth-order valence-corrected chi connectivity index (χ4v) is 13.0. The number of aliphatic hydroxyl groups excluding tert-OH is 1. The van der Waals surface area contributed by atoms with E-state index in [2.05, 4.69) is 10.6 Å². The number of aliphatic hydroxyl groups is 2. The summed E-state index contributed by atoms with van der Waals surface area (Å²) in [4.78, 5) is 70.2. The highest BCUT2D eigenvalue weighted by molar-refractivity contribution is 8.76. The molecule has 4 fully saturated rings. The average Bonchev–Trinajstić information content (AvgIpc) is 3.99. The van der Waals surface area contributed by atoms with Gasteiger partial charge < -0.3 is 44.3 Å². The lowest BCUT2D eigenvalue weighted by Gasteiger charge is -2.41. The van der Waals surface area contributed by atoms with Crippen LogP contribution in [-0.4, -0.2) is 125 Å². The zero-order valence-corrected chi connectivity index (χ0v) is 44.6. The topological polar surface area (TPSA) is 197 Å². The maximum absolute atomic E-state index is 14.3. The van der Waals surface area contributed by atoms with Gasteiger partial charge in [-0.15, -0.1) is 0 Å². The molecule has 0 aromatic heterocycles. The number of halogens is 1. The average molecular weight is 1030 g/mol. The van der Waals surface area contributed by atoms with Gasteiger partial charge in [-0.25, -0.2) is 9.59 Å². The maximum atomic E-state index is 14.3. The minimum Gasteiger partial charge on any atom is -0.495 e. The number of carbonyl (C=O) groups is 5. The molecule has 2 unspecified atom stereocenters. The first-order valence-electron chi connectivity index (χ1n) is 25.4. The van der Waals surface area contributed by atoms with Crippen molar-refractivity contribution in [3.05, 3.63) is 46.5 Å². The highest BCUT2D eigenvalue weighted by Gasteiger charge is 2.64. The van der Waals surface area contributed by atoms with Crippen LogP contribution in [0, 0.1) is 17.8 Å². The Bertz CT molecular complexity index is 2060. The fourth-order valence-electron chi connectivity index (χ4n) is 10.6. The molecule has 6 rings (SSSR count). The van der Waals surface area contributed by atoms with Gasteiger partial charge in [0.05, 0.1) is 25.3 Å². The molecule has 70 heavy (non-hydrogen) atoms. The number of benzene rings is 1. The zero-order valence-electron chi connectivity index (χ0n) is 42.2. The number of rotatable bonds is 13. The Labute approximate surface area is 427 Å². The molecule has 15 nitrogen and oxygen atoms in total. The van der Waals surface area contributed by atoms with Crippen molar-refractivity contribution < 1.29 is 53.1 Å². The monoisotopic (exact) mass is 1030 g/mol. The number of fused-ring (bicyclic) bond motifs is 7. The van der Waals surface area contributed by atoms with Gasteiger partial charge in [-0.1, -0.05) is 102 Å². The van der Waals surface area contributed by atoms with Crippen LogP contribution in [0.4, 0.5) is 10.5 Å². The van der Waals surface area contributed by atoms with Crippen molar-refractivity contribution >= 4 is 68.7 Å². The lowest BCUT2D eigenvalue weighted by atomic mass is 9.79. The molecule has 4 amide bonds. The molecule has 10 atom stereocenters. The smallest absolute Gasteiger partial charge is 0.409 e. The molecule has 3 heterocycles. The molecule has 3 aliphatic heterocycles. The predicted octanol–water partition coefficient (Wildman–Crippen LogP) is 8.45. The largest absolute Gasteiger partial charge is 0.495 e. The minimum atomic E-state index is -2.07. The normalized spacial score (nSPS) is 32.5. The van der Waals surface area contributed by atoms with Crippen LogP contribution < -0.4 is 20.3 Å². The number of allylic oxidation sites excluding steroid dienone is 3. The summed E-state index contributed by atoms with van der Waals surface area (Å²) in [6.45, 7) is 6.90. The summed E-state index contributed by atoms with van der Waals surface area (Å²) >= 11 is 6.80. The third kappa shape index (κ3) is 14.8. The van der Waals surface area contributed by atoms with Crippen molar-refractivity contribution in [3.63, 3.8) is 0 Å². The van der Waals surface area contributed by atoms with Crippen LogP contribution in [0.5, 0.6) is 5.75 Å². The first kappa shape index (κ1) is 55.8. The highest BCUT2D eigenvalue weighted by Crippen LogP contribution is 2.49. The highest BCUT2D eigenvalue weighted by atomic mass is 35.5. The van der Waals surface area contributed by atoms with E-state index in [0.29, 0.717) is 30.0 Å². The van der Waals surface area contributed by atoms with E-state index in [-0.39, 0.29) is 42.1 Å². The third-order valence-electron chi connectivity index (χ3n) is 15.3.